The summed E-state index contributed by atoms with van der Waals surface area (Å²) in [5.41, 5.74) is 1.76. The summed E-state index contributed by atoms with van der Waals surface area (Å²) in [6, 6.07) is 5.15. The summed E-state index contributed by atoms with van der Waals surface area (Å²) < 4.78 is 15.5. The molecule has 0 atom stereocenters. The van der Waals surface area contributed by atoms with Gasteiger partial charge in [-0.25, -0.2) is 9.78 Å². The molecule has 0 fully saturated rings. The molecule has 8 nitrogen and oxygen atoms in total. The minimum Gasteiger partial charge on any atom is -0.465 e. The topological polar surface area (TPSA) is 90.0 Å². The van der Waals surface area contributed by atoms with E-state index in [1.165, 1.54) is 18.4 Å². The monoisotopic (exact) mass is 449 g/mol. The smallest absolute Gasteiger partial charge is 0.339 e. The third kappa shape index (κ3) is 7.30. The van der Waals surface area contributed by atoms with Gasteiger partial charge in [-0.15, -0.1) is 11.3 Å². The second-order valence-corrected chi connectivity index (χ2v) is 7.65. The summed E-state index contributed by atoms with van der Waals surface area (Å²) in [5, 5.41) is 5.28. The molecule has 1 aromatic heterocycles. The van der Waals surface area contributed by atoms with E-state index in [9.17, 15) is 9.59 Å². The highest BCUT2D eigenvalue weighted by Crippen LogP contribution is 2.24. The number of methoxy groups -OCH3 is 2. The number of anilines is 2. The molecule has 2 aromatic rings. The van der Waals surface area contributed by atoms with Gasteiger partial charge in [-0.05, 0) is 31.0 Å². The molecule has 1 N–H and O–H groups in total. The molecular weight excluding hydrogens is 418 g/mol. The SMILES string of the molecule is CCCCN(CCOC)c1nc(C(=O)Nc2ccc(COCC)cc2C(=O)OC)cs1. The standard InChI is InChI=1S/C22H31N3O5S/c1-5-7-10-25(11-12-28-3)22-24-19(15-31-22)20(26)23-18-9-8-16(14-30-6-2)13-17(18)21(27)29-4/h8-9,13,15H,5-7,10-12,14H2,1-4H3,(H,23,26). The van der Waals surface area contributed by atoms with E-state index in [4.69, 9.17) is 14.2 Å². The van der Waals surface area contributed by atoms with Crippen molar-refractivity contribution < 1.29 is 23.8 Å². The van der Waals surface area contributed by atoms with E-state index in [1.807, 2.05) is 6.92 Å². The quantitative estimate of drug-likeness (QED) is 0.463. The van der Waals surface area contributed by atoms with E-state index in [0.29, 0.717) is 37.7 Å². The predicted octanol–water partition coefficient (Wildman–Crippen LogP) is 3.97. The number of hydrogen-bond donors (Lipinski definition) is 1. The molecule has 2 rings (SSSR count). The van der Waals surface area contributed by atoms with Crippen LogP contribution in [-0.2, 0) is 20.8 Å². The fourth-order valence-electron chi connectivity index (χ4n) is 2.84. The van der Waals surface area contributed by atoms with Gasteiger partial charge in [0.25, 0.3) is 5.91 Å². The fraction of sp³-hybridized carbons (Fsp3) is 0.500. The molecule has 0 aliphatic heterocycles. The van der Waals surface area contributed by atoms with Crippen LogP contribution in [0.1, 0.15) is 53.1 Å². The first-order valence-corrected chi connectivity index (χ1v) is 11.2. The van der Waals surface area contributed by atoms with Gasteiger partial charge in [-0.2, -0.15) is 0 Å². The Kier molecular flexibility index (Phi) is 10.4. The maximum Gasteiger partial charge on any atom is 0.339 e. The Morgan fingerprint density at radius 3 is 2.68 bits per heavy atom. The Hall–Kier alpha value is -2.49. The summed E-state index contributed by atoms with van der Waals surface area (Å²) in [6.45, 7) is 7.12. The van der Waals surface area contributed by atoms with Gasteiger partial charge in [0.1, 0.15) is 5.69 Å². The number of amides is 1. The van der Waals surface area contributed by atoms with Crippen LogP contribution in [0.3, 0.4) is 0 Å². The molecule has 0 saturated carbocycles. The molecular formula is C22H31N3O5S. The van der Waals surface area contributed by atoms with Crippen LogP contribution in [0.15, 0.2) is 23.6 Å². The average molecular weight is 450 g/mol. The Balaban J connectivity index is 2.18. The molecule has 0 aliphatic rings. The van der Waals surface area contributed by atoms with E-state index in [1.54, 1.807) is 30.7 Å². The van der Waals surface area contributed by atoms with Crippen molar-refractivity contribution in [2.75, 3.05) is 50.7 Å². The number of esters is 1. The van der Waals surface area contributed by atoms with Gasteiger partial charge in [0.2, 0.25) is 0 Å². The third-order valence-electron chi connectivity index (χ3n) is 4.55. The number of rotatable bonds is 13. The van der Waals surface area contributed by atoms with E-state index in [2.05, 4.69) is 22.1 Å². The van der Waals surface area contributed by atoms with Crippen molar-refractivity contribution in [2.45, 2.75) is 33.3 Å². The lowest BCUT2D eigenvalue weighted by Crippen LogP contribution is -2.28. The zero-order chi connectivity index (χ0) is 22.6. The highest BCUT2D eigenvalue weighted by molar-refractivity contribution is 7.14. The maximum atomic E-state index is 12.8. The van der Waals surface area contributed by atoms with Gasteiger partial charge in [0.15, 0.2) is 5.13 Å². The molecule has 1 heterocycles. The van der Waals surface area contributed by atoms with Crippen LogP contribution in [0.4, 0.5) is 10.8 Å². The number of hydrogen-bond acceptors (Lipinski definition) is 8. The highest BCUT2D eigenvalue weighted by atomic mass is 32.1. The van der Waals surface area contributed by atoms with Gasteiger partial charge >= 0.3 is 5.97 Å². The first-order valence-electron chi connectivity index (χ1n) is 10.3. The number of ether oxygens (including phenoxy) is 3. The number of nitrogens with one attached hydrogen (secondary N) is 1. The lowest BCUT2D eigenvalue weighted by atomic mass is 10.1. The minimum atomic E-state index is -0.530. The van der Waals surface area contributed by atoms with Crippen molar-refractivity contribution in [3.63, 3.8) is 0 Å². The molecule has 170 valence electrons. The van der Waals surface area contributed by atoms with Crippen molar-refractivity contribution >= 4 is 34.0 Å². The molecule has 0 bridgehead atoms. The van der Waals surface area contributed by atoms with Gasteiger partial charge in [0, 0.05) is 32.2 Å². The van der Waals surface area contributed by atoms with Crippen molar-refractivity contribution in [3.8, 4) is 0 Å². The summed E-state index contributed by atoms with van der Waals surface area (Å²) >= 11 is 1.41. The molecule has 9 heteroatoms. The normalized spacial score (nSPS) is 10.7. The summed E-state index contributed by atoms with van der Waals surface area (Å²) in [7, 11) is 2.97. The first kappa shape index (κ1) is 24.8. The summed E-state index contributed by atoms with van der Waals surface area (Å²) in [6.07, 6.45) is 2.10. The molecule has 0 unspecified atom stereocenters. The molecule has 0 aliphatic carbocycles. The number of thiazole rings is 1. The maximum absolute atomic E-state index is 12.8. The van der Waals surface area contributed by atoms with Gasteiger partial charge in [-0.1, -0.05) is 19.4 Å². The Bertz CT molecular complexity index is 847. The number of nitrogens with zero attached hydrogens (tertiary/aromatic N) is 2. The van der Waals surface area contributed by atoms with E-state index in [0.717, 1.165) is 30.1 Å². The average Bonchev–Trinajstić information content (AvgIpc) is 3.28. The second kappa shape index (κ2) is 13.0. The molecule has 31 heavy (non-hydrogen) atoms. The number of aromatic nitrogens is 1. The largest absolute Gasteiger partial charge is 0.465 e. The predicted molar refractivity (Wildman–Crippen MR) is 122 cm³/mol. The van der Waals surface area contributed by atoms with E-state index < -0.39 is 5.97 Å². The van der Waals surface area contributed by atoms with Gasteiger partial charge in [-0.3, -0.25) is 4.79 Å². The third-order valence-corrected chi connectivity index (χ3v) is 5.45. The second-order valence-electron chi connectivity index (χ2n) is 6.81. The first-order chi connectivity index (χ1) is 15.0. The highest BCUT2D eigenvalue weighted by Gasteiger charge is 2.19. The van der Waals surface area contributed by atoms with Crippen LogP contribution in [0.2, 0.25) is 0 Å². The lowest BCUT2D eigenvalue weighted by Gasteiger charge is -2.21. The Labute approximate surface area is 187 Å². The van der Waals surface area contributed by atoms with Gasteiger partial charge < -0.3 is 24.4 Å². The summed E-state index contributed by atoms with van der Waals surface area (Å²) in [5.74, 6) is -0.912. The van der Waals surface area contributed by atoms with Crippen LogP contribution >= 0.6 is 11.3 Å². The van der Waals surface area contributed by atoms with Gasteiger partial charge in [0.05, 0.1) is 31.6 Å². The molecule has 0 spiro atoms. The van der Waals surface area contributed by atoms with Crippen LogP contribution in [0.5, 0.6) is 0 Å². The van der Waals surface area contributed by atoms with Crippen molar-refractivity contribution in [2.24, 2.45) is 0 Å². The Morgan fingerprint density at radius 2 is 2.00 bits per heavy atom. The number of carbonyl (C=O) groups is 2. The van der Waals surface area contributed by atoms with Crippen LogP contribution in [0.25, 0.3) is 0 Å². The van der Waals surface area contributed by atoms with Crippen molar-refractivity contribution in [1.29, 1.82) is 0 Å². The molecule has 0 radical (unpaired) electrons. The molecule has 1 aromatic carbocycles. The summed E-state index contributed by atoms with van der Waals surface area (Å²) in [4.78, 5) is 31.7. The minimum absolute atomic E-state index is 0.271. The van der Waals surface area contributed by atoms with Crippen LogP contribution in [-0.4, -0.2) is 57.4 Å². The van der Waals surface area contributed by atoms with Crippen molar-refractivity contribution in [1.82, 2.24) is 4.98 Å². The molecule has 0 saturated heterocycles. The van der Waals surface area contributed by atoms with Crippen LogP contribution in [0, 0.1) is 0 Å². The van der Waals surface area contributed by atoms with E-state index >= 15 is 0 Å². The fourth-order valence-corrected chi connectivity index (χ4v) is 3.70. The van der Waals surface area contributed by atoms with E-state index in [-0.39, 0.29) is 11.5 Å². The van der Waals surface area contributed by atoms with Crippen LogP contribution < -0.4 is 10.2 Å². The lowest BCUT2D eigenvalue weighted by molar-refractivity contribution is 0.0601. The Morgan fingerprint density at radius 1 is 1.19 bits per heavy atom. The zero-order valence-electron chi connectivity index (χ0n) is 18.6. The van der Waals surface area contributed by atoms with Crippen molar-refractivity contribution in [3.05, 3.63) is 40.4 Å². The molecule has 1 amide bonds. The number of benzene rings is 1. The number of unbranched alkanes of at least 4 members (excludes halogenated alkanes) is 1. The zero-order valence-corrected chi connectivity index (χ0v) is 19.4. The number of carbonyl (C=O) groups excluding carboxylic acids is 2.